The number of nitrogens with zero attached hydrogens (tertiary/aromatic N) is 3. The van der Waals surface area contributed by atoms with E-state index >= 15 is 0 Å². The number of nitrogens with one attached hydrogen (secondary N) is 1. The molecular formula is C25H20N4O3S. The van der Waals surface area contributed by atoms with Gasteiger partial charge >= 0.3 is 0 Å². The van der Waals surface area contributed by atoms with Crippen LogP contribution >= 0.6 is 11.3 Å². The smallest absolute Gasteiger partial charge is 0.267 e. The normalized spacial score (nSPS) is 12.1. The van der Waals surface area contributed by atoms with Crippen molar-refractivity contribution in [2.75, 3.05) is 5.32 Å². The van der Waals surface area contributed by atoms with Crippen molar-refractivity contribution in [3.05, 3.63) is 88.9 Å². The fraction of sp³-hybridized carbons (Fsp3) is 0.120. The van der Waals surface area contributed by atoms with Crippen molar-refractivity contribution in [1.82, 2.24) is 14.8 Å². The van der Waals surface area contributed by atoms with Gasteiger partial charge in [-0.05, 0) is 74.0 Å². The largest absolute Gasteiger partial charge is 0.463 e. The Morgan fingerprint density at radius 3 is 2.67 bits per heavy atom. The van der Waals surface area contributed by atoms with Crippen LogP contribution in [-0.4, -0.2) is 20.7 Å². The van der Waals surface area contributed by atoms with Crippen molar-refractivity contribution >= 4 is 33.1 Å². The molecule has 0 aliphatic carbocycles. The fourth-order valence-electron chi connectivity index (χ4n) is 3.47. The van der Waals surface area contributed by atoms with Crippen molar-refractivity contribution in [2.24, 2.45) is 0 Å². The third kappa shape index (κ3) is 4.20. The zero-order chi connectivity index (χ0) is 22.9. The summed E-state index contributed by atoms with van der Waals surface area (Å²) in [5.74, 6) is 0.182. The molecular weight excluding hydrogens is 436 g/mol. The molecule has 164 valence electrons. The highest BCUT2D eigenvalue weighted by atomic mass is 32.1. The van der Waals surface area contributed by atoms with Crippen LogP contribution in [0.25, 0.3) is 32.2 Å². The maximum atomic E-state index is 12.8. The maximum Gasteiger partial charge on any atom is 0.267 e. The van der Waals surface area contributed by atoms with Crippen LogP contribution in [0.1, 0.15) is 18.5 Å². The summed E-state index contributed by atoms with van der Waals surface area (Å²) in [7, 11) is 0. The molecule has 1 amide bonds. The molecule has 3 heterocycles. The van der Waals surface area contributed by atoms with Crippen LogP contribution in [0.4, 0.5) is 5.69 Å². The highest BCUT2D eigenvalue weighted by molar-refractivity contribution is 7.21. The second kappa shape index (κ2) is 8.48. The van der Waals surface area contributed by atoms with Gasteiger partial charge in [-0.15, -0.1) is 11.3 Å². The zero-order valence-corrected chi connectivity index (χ0v) is 18.8. The Morgan fingerprint density at radius 1 is 1.09 bits per heavy atom. The summed E-state index contributed by atoms with van der Waals surface area (Å²) in [4.78, 5) is 29.8. The number of aromatic nitrogens is 3. The van der Waals surface area contributed by atoms with E-state index in [1.807, 2.05) is 30.3 Å². The van der Waals surface area contributed by atoms with E-state index < -0.39 is 6.04 Å². The minimum Gasteiger partial charge on any atom is -0.463 e. The number of anilines is 1. The van der Waals surface area contributed by atoms with Gasteiger partial charge in [0.25, 0.3) is 5.56 Å². The fourth-order valence-corrected chi connectivity index (χ4v) is 4.54. The minimum atomic E-state index is -0.806. The lowest BCUT2D eigenvalue weighted by Crippen LogP contribution is -2.33. The summed E-state index contributed by atoms with van der Waals surface area (Å²) in [5, 5.41) is 8.08. The van der Waals surface area contributed by atoms with Crippen LogP contribution in [0.2, 0.25) is 0 Å². The number of hydrogen-bond acceptors (Lipinski definition) is 6. The van der Waals surface area contributed by atoms with Gasteiger partial charge in [-0.3, -0.25) is 9.59 Å². The monoisotopic (exact) mass is 456 g/mol. The summed E-state index contributed by atoms with van der Waals surface area (Å²) < 4.78 is 7.64. The number of carbonyl (C=O) groups is 1. The molecule has 8 heteroatoms. The molecule has 5 aromatic rings. The minimum absolute atomic E-state index is 0.343. The van der Waals surface area contributed by atoms with Crippen LogP contribution in [-0.2, 0) is 4.79 Å². The third-order valence-electron chi connectivity index (χ3n) is 5.29. The van der Waals surface area contributed by atoms with E-state index in [0.29, 0.717) is 17.1 Å². The van der Waals surface area contributed by atoms with Gasteiger partial charge in [0.1, 0.15) is 16.7 Å². The van der Waals surface area contributed by atoms with Crippen LogP contribution < -0.4 is 10.9 Å². The molecule has 1 unspecified atom stereocenters. The van der Waals surface area contributed by atoms with Crippen LogP contribution in [0.3, 0.4) is 0 Å². The summed E-state index contributed by atoms with van der Waals surface area (Å²) in [6, 6.07) is 19.3. The first-order valence-electron chi connectivity index (χ1n) is 10.4. The summed E-state index contributed by atoms with van der Waals surface area (Å²) in [6.45, 7) is 3.70. The number of carbonyl (C=O) groups excluding carboxylic acids is 1. The maximum absolute atomic E-state index is 12.8. The number of rotatable bonds is 5. The average molecular weight is 457 g/mol. The topological polar surface area (TPSA) is 90.0 Å². The molecule has 0 aliphatic rings. The van der Waals surface area contributed by atoms with E-state index in [1.54, 1.807) is 36.5 Å². The van der Waals surface area contributed by atoms with Crippen LogP contribution in [0.15, 0.2) is 82.2 Å². The molecule has 0 bridgehead atoms. The zero-order valence-electron chi connectivity index (χ0n) is 18.0. The lowest BCUT2D eigenvalue weighted by Gasteiger charge is -2.14. The predicted molar refractivity (Wildman–Crippen MR) is 129 cm³/mol. The number of benzene rings is 2. The Morgan fingerprint density at radius 2 is 1.91 bits per heavy atom. The van der Waals surface area contributed by atoms with Gasteiger partial charge in [-0.25, -0.2) is 9.67 Å². The first-order valence-corrected chi connectivity index (χ1v) is 11.2. The lowest BCUT2D eigenvalue weighted by molar-refractivity contribution is -0.119. The van der Waals surface area contributed by atoms with Crippen molar-refractivity contribution < 1.29 is 9.21 Å². The summed E-state index contributed by atoms with van der Waals surface area (Å²) >= 11 is 1.64. The van der Waals surface area contributed by atoms with E-state index in [2.05, 4.69) is 29.5 Å². The molecule has 1 N–H and O–H groups in total. The number of fused-ring (bicyclic) bond motifs is 1. The summed E-state index contributed by atoms with van der Waals surface area (Å²) in [5.41, 5.74) is 3.89. The quantitative estimate of drug-likeness (QED) is 0.388. The second-order valence-electron chi connectivity index (χ2n) is 7.71. The molecule has 1 atom stereocenters. The van der Waals surface area contributed by atoms with Crippen LogP contribution in [0.5, 0.6) is 0 Å². The lowest BCUT2D eigenvalue weighted by atomic mass is 10.2. The Kier molecular flexibility index (Phi) is 5.35. The van der Waals surface area contributed by atoms with Crippen LogP contribution in [0, 0.1) is 6.92 Å². The second-order valence-corrected chi connectivity index (χ2v) is 8.74. The number of amides is 1. The molecule has 0 saturated carbocycles. The van der Waals surface area contributed by atoms with Gasteiger partial charge in [0, 0.05) is 17.3 Å². The molecule has 0 fully saturated rings. The van der Waals surface area contributed by atoms with Crippen molar-refractivity contribution in [2.45, 2.75) is 19.9 Å². The van der Waals surface area contributed by atoms with Gasteiger partial charge < -0.3 is 9.73 Å². The van der Waals surface area contributed by atoms with E-state index in [0.717, 1.165) is 25.5 Å². The SMILES string of the molecule is Cc1ccc2nc(-c3ccc(NC(=O)C(C)n4nc(-c5ccco5)ccc4=O)cc3)sc2c1. The molecule has 3 aromatic heterocycles. The molecule has 5 rings (SSSR count). The first-order chi connectivity index (χ1) is 16.0. The molecule has 0 spiro atoms. The molecule has 0 aliphatic heterocycles. The molecule has 0 saturated heterocycles. The van der Waals surface area contributed by atoms with E-state index in [1.165, 1.54) is 17.9 Å². The third-order valence-corrected chi connectivity index (χ3v) is 6.36. The highest BCUT2D eigenvalue weighted by Gasteiger charge is 2.19. The Labute approximate surface area is 193 Å². The van der Waals surface area contributed by atoms with Gasteiger partial charge in [-0.1, -0.05) is 6.07 Å². The number of hydrogen-bond donors (Lipinski definition) is 1. The van der Waals surface area contributed by atoms with E-state index in [4.69, 9.17) is 9.40 Å². The van der Waals surface area contributed by atoms with E-state index in [9.17, 15) is 9.59 Å². The van der Waals surface area contributed by atoms with Gasteiger partial charge in [0.05, 0.1) is 16.5 Å². The Balaban J connectivity index is 1.33. The van der Waals surface area contributed by atoms with Gasteiger partial charge in [0.15, 0.2) is 5.76 Å². The standard InChI is InChI=1S/C25H20N4O3S/c1-15-5-10-20-22(14-15)33-25(27-20)17-6-8-18(9-7-17)26-24(31)16(2)29-23(30)12-11-19(28-29)21-4-3-13-32-21/h3-14,16H,1-2H3,(H,26,31). The Bertz CT molecular complexity index is 1500. The van der Waals surface area contributed by atoms with Crippen molar-refractivity contribution in [3.63, 3.8) is 0 Å². The Hall–Kier alpha value is -4.04. The molecule has 2 aromatic carbocycles. The average Bonchev–Trinajstić information content (AvgIpc) is 3.49. The first kappa shape index (κ1) is 20.8. The van der Waals surface area contributed by atoms with Gasteiger partial charge in [-0.2, -0.15) is 5.10 Å². The molecule has 0 radical (unpaired) electrons. The number of furan rings is 1. The molecule has 7 nitrogen and oxygen atoms in total. The van der Waals surface area contributed by atoms with Gasteiger partial charge in [0.2, 0.25) is 5.91 Å². The highest BCUT2D eigenvalue weighted by Crippen LogP contribution is 2.31. The summed E-state index contributed by atoms with van der Waals surface area (Å²) in [6.07, 6.45) is 1.53. The van der Waals surface area contributed by atoms with Crippen molar-refractivity contribution in [3.8, 4) is 22.0 Å². The van der Waals surface area contributed by atoms with Crippen molar-refractivity contribution in [1.29, 1.82) is 0 Å². The predicted octanol–water partition coefficient (Wildman–Crippen LogP) is 5.29. The van der Waals surface area contributed by atoms with E-state index in [-0.39, 0.29) is 11.5 Å². The number of aryl methyl sites for hydroxylation is 1. The molecule has 33 heavy (non-hydrogen) atoms. The number of thiazole rings is 1.